The maximum absolute atomic E-state index is 13.9. The van der Waals surface area contributed by atoms with Crippen molar-refractivity contribution in [1.82, 2.24) is 0 Å². The Morgan fingerprint density at radius 3 is 2.68 bits per heavy atom. The number of fused-ring (bicyclic) bond motifs is 4. The average molecular weight is 354 g/mol. The molecule has 0 amide bonds. The molecule has 2 N–H and O–H groups in total. The lowest BCUT2D eigenvalue weighted by atomic mass is 9.58. The zero-order chi connectivity index (χ0) is 18.0. The molecular weight excluding hydrogens is 329 g/mol. The van der Waals surface area contributed by atoms with Crippen molar-refractivity contribution in [2.75, 3.05) is 0 Å². The van der Waals surface area contributed by atoms with Crippen molar-refractivity contribution < 1.29 is 23.4 Å². The number of alkyl halides is 3. The van der Waals surface area contributed by atoms with Gasteiger partial charge in [0.15, 0.2) is 0 Å². The summed E-state index contributed by atoms with van der Waals surface area (Å²) in [6.45, 7) is 1.84. The molecule has 0 spiro atoms. The van der Waals surface area contributed by atoms with E-state index < -0.39 is 28.9 Å². The van der Waals surface area contributed by atoms with Gasteiger partial charge in [-0.25, -0.2) is 0 Å². The van der Waals surface area contributed by atoms with Crippen LogP contribution >= 0.6 is 0 Å². The number of aliphatic hydroxyl groups is 2. The maximum atomic E-state index is 13.9. The Kier molecular flexibility index (Phi) is 3.79. The molecule has 0 bridgehead atoms. The Balaban J connectivity index is 1.89. The Morgan fingerprint density at radius 2 is 1.96 bits per heavy atom. The van der Waals surface area contributed by atoms with E-state index >= 15 is 0 Å². The van der Waals surface area contributed by atoms with Gasteiger partial charge in [0, 0.05) is 11.5 Å². The van der Waals surface area contributed by atoms with E-state index in [0.717, 1.165) is 12.0 Å². The van der Waals surface area contributed by atoms with Crippen LogP contribution in [-0.4, -0.2) is 28.1 Å². The summed E-state index contributed by atoms with van der Waals surface area (Å²) >= 11 is 0. The Hall–Kier alpha value is -1.07. The highest BCUT2D eigenvalue weighted by Crippen LogP contribution is 2.60. The molecule has 4 rings (SSSR count). The molecule has 2 nitrogen and oxygen atoms in total. The van der Waals surface area contributed by atoms with Crippen LogP contribution in [0.3, 0.4) is 0 Å². The zero-order valence-electron chi connectivity index (χ0n) is 14.4. The van der Waals surface area contributed by atoms with E-state index in [9.17, 15) is 23.4 Å². The summed E-state index contributed by atoms with van der Waals surface area (Å²) in [4.78, 5) is 0. The quantitative estimate of drug-likeness (QED) is 0.631. The van der Waals surface area contributed by atoms with E-state index in [1.807, 2.05) is 19.1 Å². The second-order valence-corrected chi connectivity index (χ2v) is 8.58. The van der Waals surface area contributed by atoms with Crippen LogP contribution in [0, 0.1) is 17.3 Å². The monoisotopic (exact) mass is 354 g/mol. The van der Waals surface area contributed by atoms with Crippen molar-refractivity contribution in [2.24, 2.45) is 17.3 Å². The molecule has 4 aliphatic carbocycles. The minimum absolute atomic E-state index is 0.0771. The Bertz CT molecular complexity index is 675. The van der Waals surface area contributed by atoms with Gasteiger partial charge in [-0.3, -0.25) is 0 Å². The fraction of sp³-hybridized carbons (Fsp3) is 0.700. The first-order valence-corrected chi connectivity index (χ1v) is 9.23. The van der Waals surface area contributed by atoms with Crippen LogP contribution in [0.15, 0.2) is 34.9 Å². The van der Waals surface area contributed by atoms with E-state index in [2.05, 4.69) is 0 Å². The van der Waals surface area contributed by atoms with Crippen LogP contribution < -0.4 is 0 Å². The number of hydrogen-bond acceptors (Lipinski definition) is 2. The van der Waals surface area contributed by atoms with Crippen molar-refractivity contribution in [3.63, 3.8) is 0 Å². The first kappa shape index (κ1) is 17.3. The minimum atomic E-state index is -4.45. The number of rotatable bonds is 0. The smallest absolute Gasteiger partial charge is 0.393 e. The third-order valence-corrected chi connectivity index (χ3v) is 6.98. The number of allylic oxidation sites excluding steroid dienone is 3. The average Bonchev–Trinajstić information content (AvgIpc) is 2.84. The summed E-state index contributed by atoms with van der Waals surface area (Å²) in [6.07, 6.45) is 3.98. The standard InChI is InChI=1S/C20H25F3O2/c1-18-7-2-3-17(18)19(25)8-6-12-4-5-14(24)9-13(12)10-15(19)16(11-18)20(21,22)23/h2,7,10,12,14,17,24-25H,3-6,8-9,11H2,1H3/t12?,14?,17?,18?,19-/m1/s1. The number of hydrogen-bond donors (Lipinski definition) is 2. The Morgan fingerprint density at radius 1 is 1.20 bits per heavy atom. The summed E-state index contributed by atoms with van der Waals surface area (Å²) in [5.74, 6) is -0.0244. The summed E-state index contributed by atoms with van der Waals surface area (Å²) in [5.41, 5.74) is -1.68. The first-order chi connectivity index (χ1) is 11.6. The van der Waals surface area contributed by atoms with Crippen molar-refractivity contribution in [3.8, 4) is 0 Å². The lowest BCUT2D eigenvalue weighted by Crippen LogP contribution is -2.50. The highest BCUT2D eigenvalue weighted by Gasteiger charge is 2.58. The summed E-state index contributed by atoms with van der Waals surface area (Å²) in [5, 5.41) is 21.5. The number of aliphatic hydroxyl groups excluding tert-OH is 1. The second-order valence-electron chi connectivity index (χ2n) is 8.58. The van der Waals surface area contributed by atoms with E-state index in [1.54, 1.807) is 6.08 Å². The molecule has 1 saturated carbocycles. The predicted octanol–water partition coefficient (Wildman–Crippen LogP) is 4.44. The van der Waals surface area contributed by atoms with Crippen molar-refractivity contribution in [3.05, 3.63) is 34.9 Å². The third-order valence-electron chi connectivity index (χ3n) is 6.98. The molecule has 0 aromatic rings. The predicted molar refractivity (Wildman–Crippen MR) is 88.7 cm³/mol. The van der Waals surface area contributed by atoms with Gasteiger partial charge in [0.25, 0.3) is 0 Å². The molecule has 0 aliphatic heterocycles. The molecule has 0 aromatic heterocycles. The highest BCUT2D eigenvalue weighted by atomic mass is 19.4. The summed E-state index contributed by atoms with van der Waals surface area (Å²) in [6, 6.07) is 0. The molecule has 25 heavy (non-hydrogen) atoms. The lowest BCUT2D eigenvalue weighted by Gasteiger charge is -2.49. The summed E-state index contributed by atoms with van der Waals surface area (Å²) < 4.78 is 41.6. The fourth-order valence-corrected chi connectivity index (χ4v) is 5.69. The van der Waals surface area contributed by atoms with Crippen LogP contribution in [0.5, 0.6) is 0 Å². The van der Waals surface area contributed by atoms with Crippen LogP contribution in [0.25, 0.3) is 0 Å². The molecular formula is C20H25F3O2. The largest absolute Gasteiger partial charge is 0.413 e. The number of halogens is 3. The molecule has 4 unspecified atom stereocenters. The zero-order valence-corrected chi connectivity index (χ0v) is 14.4. The van der Waals surface area contributed by atoms with E-state index in [-0.39, 0.29) is 23.8 Å². The molecule has 5 atom stereocenters. The van der Waals surface area contributed by atoms with Crippen molar-refractivity contribution in [2.45, 2.75) is 69.8 Å². The van der Waals surface area contributed by atoms with Gasteiger partial charge in [0.2, 0.25) is 0 Å². The minimum Gasteiger partial charge on any atom is -0.393 e. The van der Waals surface area contributed by atoms with Gasteiger partial charge in [0.1, 0.15) is 0 Å². The molecule has 0 saturated heterocycles. The molecule has 0 heterocycles. The van der Waals surface area contributed by atoms with Gasteiger partial charge < -0.3 is 10.2 Å². The molecule has 5 heteroatoms. The molecule has 0 radical (unpaired) electrons. The van der Waals surface area contributed by atoms with Crippen molar-refractivity contribution in [1.29, 1.82) is 0 Å². The van der Waals surface area contributed by atoms with Crippen LogP contribution in [-0.2, 0) is 0 Å². The molecule has 1 fully saturated rings. The van der Waals surface area contributed by atoms with E-state index in [1.165, 1.54) is 0 Å². The first-order valence-electron chi connectivity index (χ1n) is 9.23. The van der Waals surface area contributed by atoms with Gasteiger partial charge in [-0.15, -0.1) is 0 Å². The van der Waals surface area contributed by atoms with Gasteiger partial charge in [-0.05, 0) is 61.9 Å². The molecule has 4 aliphatic rings. The second kappa shape index (κ2) is 5.46. The lowest BCUT2D eigenvalue weighted by molar-refractivity contribution is -0.114. The maximum Gasteiger partial charge on any atom is 0.413 e. The van der Waals surface area contributed by atoms with E-state index in [0.29, 0.717) is 32.1 Å². The fourth-order valence-electron chi connectivity index (χ4n) is 5.69. The Labute approximate surface area is 146 Å². The van der Waals surface area contributed by atoms with Crippen LogP contribution in [0.4, 0.5) is 13.2 Å². The van der Waals surface area contributed by atoms with Crippen LogP contribution in [0.1, 0.15) is 51.9 Å². The molecule has 0 aromatic carbocycles. The van der Waals surface area contributed by atoms with Gasteiger partial charge >= 0.3 is 6.18 Å². The highest BCUT2D eigenvalue weighted by molar-refractivity contribution is 5.47. The van der Waals surface area contributed by atoms with Gasteiger partial charge in [-0.2, -0.15) is 13.2 Å². The van der Waals surface area contributed by atoms with Gasteiger partial charge in [-0.1, -0.05) is 30.7 Å². The third kappa shape index (κ3) is 2.62. The van der Waals surface area contributed by atoms with Crippen LogP contribution in [0.2, 0.25) is 0 Å². The topological polar surface area (TPSA) is 40.5 Å². The van der Waals surface area contributed by atoms with Crippen molar-refractivity contribution >= 4 is 0 Å². The SMILES string of the molecule is CC12C=CCC1[C@@]1(O)CCC3CCC(O)CC3=CC1=C(C(F)(F)F)C2. The summed E-state index contributed by atoms with van der Waals surface area (Å²) in [7, 11) is 0. The van der Waals surface area contributed by atoms with E-state index in [4.69, 9.17) is 0 Å². The van der Waals surface area contributed by atoms with Gasteiger partial charge in [0.05, 0.1) is 11.7 Å². The molecule has 138 valence electrons. The normalized spacial score (nSPS) is 43.9.